The first-order chi connectivity index (χ1) is 8.53. The van der Waals surface area contributed by atoms with E-state index in [4.69, 9.17) is 4.52 Å². The van der Waals surface area contributed by atoms with E-state index in [2.05, 4.69) is 25.2 Å². The summed E-state index contributed by atoms with van der Waals surface area (Å²) in [6.45, 7) is 1.58. The summed E-state index contributed by atoms with van der Waals surface area (Å²) in [7, 11) is -2.26. The van der Waals surface area contributed by atoms with E-state index < -0.39 is 10.0 Å². The number of hydrogen-bond acceptors (Lipinski definition) is 7. The average Bonchev–Trinajstić information content (AvgIpc) is 2.74. The van der Waals surface area contributed by atoms with Crippen LogP contribution < -0.4 is 10.0 Å². The third-order valence-electron chi connectivity index (χ3n) is 2.04. The summed E-state index contributed by atoms with van der Waals surface area (Å²) in [5, 5.41) is 6.10. The second kappa shape index (κ2) is 4.61. The van der Waals surface area contributed by atoms with Gasteiger partial charge in [0, 0.05) is 13.2 Å². The molecule has 2 aromatic heterocycles. The molecule has 2 rings (SSSR count). The summed E-state index contributed by atoms with van der Waals surface area (Å²) in [4.78, 5) is 7.58. The monoisotopic (exact) mass is 269 g/mol. The summed E-state index contributed by atoms with van der Waals surface area (Å²) < 4.78 is 31.0. The van der Waals surface area contributed by atoms with Crippen LogP contribution in [0.15, 0.2) is 27.9 Å². The molecule has 0 fully saturated rings. The zero-order chi connectivity index (χ0) is 13.2. The lowest BCUT2D eigenvalue weighted by atomic mass is 10.4. The van der Waals surface area contributed by atoms with Gasteiger partial charge in [0.25, 0.3) is 10.0 Å². The Morgan fingerprint density at radius 2 is 2.17 bits per heavy atom. The largest absolute Gasteiger partial charge is 0.386 e. The number of hydrogen-bond donors (Lipinski definition) is 2. The summed E-state index contributed by atoms with van der Waals surface area (Å²) in [6.07, 6.45) is 1.38. The number of pyridine rings is 1. The van der Waals surface area contributed by atoms with Gasteiger partial charge >= 0.3 is 6.01 Å². The van der Waals surface area contributed by atoms with Gasteiger partial charge in [-0.1, -0.05) is 5.16 Å². The molecular weight excluding hydrogens is 258 g/mol. The summed E-state index contributed by atoms with van der Waals surface area (Å²) in [5.41, 5.74) is 0.376. The fourth-order valence-electron chi connectivity index (χ4n) is 1.30. The first-order valence-corrected chi connectivity index (χ1v) is 6.47. The average molecular weight is 269 g/mol. The molecule has 8 nitrogen and oxygen atoms in total. The molecule has 0 aromatic carbocycles. The third kappa shape index (κ3) is 2.40. The van der Waals surface area contributed by atoms with Crippen molar-refractivity contribution in [2.45, 2.75) is 11.9 Å². The molecular formula is C9H11N5O3S. The van der Waals surface area contributed by atoms with E-state index in [0.717, 1.165) is 0 Å². The van der Waals surface area contributed by atoms with Crippen molar-refractivity contribution < 1.29 is 12.9 Å². The van der Waals surface area contributed by atoms with Crippen LogP contribution in [0, 0.1) is 6.92 Å². The van der Waals surface area contributed by atoms with Gasteiger partial charge in [0.15, 0.2) is 10.9 Å². The Labute approximate surface area is 103 Å². The van der Waals surface area contributed by atoms with Crippen molar-refractivity contribution >= 4 is 21.7 Å². The van der Waals surface area contributed by atoms with Crippen LogP contribution in [0.3, 0.4) is 0 Å². The van der Waals surface area contributed by atoms with Gasteiger partial charge in [-0.3, -0.25) is 0 Å². The minimum atomic E-state index is -3.86. The van der Waals surface area contributed by atoms with Crippen LogP contribution in [-0.2, 0) is 10.0 Å². The molecule has 0 atom stereocenters. The Balaban J connectivity index is 2.36. The summed E-state index contributed by atoms with van der Waals surface area (Å²) in [6, 6.07) is 3.03. The molecule has 2 heterocycles. The predicted octanol–water partition coefficient (Wildman–Crippen LogP) is 0.616. The van der Waals surface area contributed by atoms with Crippen molar-refractivity contribution in [3.8, 4) is 0 Å². The van der Waals surface area contributed by atoms with Crippen LogP contribution in [0.2, 0.25) is 0 Å². The number of nitrogens with one attached hydrogen (secondary N) is 2. The van der Waals surface area contributed by atoms with Crippen LogP contribution in [0.1, 0.15) is 5.82 Å². The molecule has 0 amide bonds. The Morgan fingerprint density at radius 3 is 2.78 bits per heavy atom. The second-order valence-corrected chi connectivity index (χ2v) is 4.96. The fourth-order valence-corrected chi connectivity index (χ4v) is 2.37. The van der Waals surface area contributed by atoms with Crippen molar-refractivity contribution in [1.29, 1.82) is 0 Å². The molecule has 2 N–H and O–H groups in total. The molecule has 2 aromatic rings. The molecule has 9 heteroatoms. The summed E-state index contributed by atoms with van der Waals surface area (Å²) >= 11 is 0. The number of aryl methyl sites for hydroxylation is 1. The minimum absolute atomic E-state index is 0.136. The molecule has 18 heavy (non-hydrogen) atoms. The van der Waals surface area contributed by atoms with E-state index in [0.29, 0.717) is 11.5 Å². The van der Waals surface area contributed by atoms with Gasteiger partial charge in [-0.15, -0.1) is 0 Å². The van der Waals surface area contributed by atoms with E-state index in [1.54, 1.807) is 26.1 Å². The van der Waals surface area contributed by atoms with Crippen LogP contribution in [0.5, 0.6) is 0 Å². The van der Waals surface area contributed by atoms with Gasteiger partial charge in [-0.25, -0.2) is 9.71 Å². The molecule has 0 saturated carbocycles. The number of rotatable bonds is 4. The van der Waals surface area contributed by atoms with Crippen molar-refractivity contribution in [2.24, 2.45) is 0 Å². The standard InChI is InChI=1S/C9H11N5O3S/c1-6-12-9(17-13-6)14-18(15,16)8-7(10-2)4-3-5-11-8/h3-5,10H,1-2H3,(H,12,13,14). The molecule has 0 aliphatic heterocycles. The molecule has 0 aliphatic rings. The number of aromatic nitrogens is 3. The minimum Gasteiger partial charge on any atom is -0.386 e. The van der Waals surface area contributed by atoms with Crippen LogP contribution in [0.4, 0.5) is 11.7 Å². The highest BCUT2D eigenvalue weighted by atomic mass is 32.2. The Kier molecular flexibility index (Phi) is 3.15. The first-order valence-electron chi connectivity index (χ1n) is 4.99. The molecule has 0 unspecified atom stereocenters. The maximum Gasteiger partial charge on any atom is 0.335 e. The molecule has 0 radical (unpaired) electrons. The van der Waals surface area contributed by atoms with Crippen molar-refractivity contribution in [3.05, 3.63) is 24.2 Å². The van der Waals surface area contributed by atoms with Crippen LogP contribution >= 0.6 is 0 Å². The molecule has 0 saturated heterocycles. The van der Waals surface area contributed by atoms with Crippen LogP contribution in [0.25, 0.3) is 0 Å². The number of nitrogens with zero attached hydrogens (tertiary/aromatic N) is 3. The molecule has 0 spiro atoms. The number of sulfonamides is 1. The lowest BCUT2D eigenvalue weighted by Gasteiger charge is -2.07. The lowest BCUT2D eigenvalue weighted by Crippen LogP contribution is -2.16. The van der Waals surface area contributed by atoms with E-state index in [-0.39, 0.29) is 11.0 Å². The summed E-state index contributed by atoms with van der Waals surface area (Å²) in [5.74, 6) is 0.336. The highest BCUT2D eigenvalue weighted by molar-refractivity contribution is 7.92. The molecule has 96 valence electrons. The normalized spacial score (nSPS) is 11.2. The predicted molar refractivity (Wildman–Crippen MR) is 63.6 cm³/mol. The van der Waals surface area contributed by atoms with Gasteiger partial charge in [0.05, 0.1) is 5.69 Å². The molecule has 0 aliphatic carbocycles. The van der Waals surface area contributed by atoms with E-state index in [1.807, 2.05) is 0 Å². The SMILES string of the molecule is CNc1cccnc1S(=O)(=O)Nc1nc(C)no1. The fraction of sp³-hybridized carbons (Fsp3) is 0.222. The van der Waals surface area contributed by atoms with Crippen LogP contribution in [-0.4, -0.2) is 30.6 Å². The maximum atomic E-state index is 12.0. The van der Waals surface area contributed by atoms with E-state index >= 15 is 0 Å². The van der Waals surface area contributed by atoms with Crippen molar-refractivity contribution in [3.63, 3.8) is 0 Å². The third-order valence-corrected chi connectivity index (χ3v) is 3.32. The van der Waals surface area contributed by atoms with E-state index in [1.165, 1.54) is 6.20 Å². The van der Waals surface area contributed by atoms with Gasteiger partial charge < -0.3 is 9.84 Å². The quantitative estimate of drug-likeness (QED) is 0.836. The smallest absolute Gasteiger partial charge is 0.335 e. The Hall–Kier alpha value is -2.16. The van der Waals surface area contributed by atoms with Crippen molar-refractivity contribution in [2.75, 3.05) is 17.1 Å². The Morgan fingerprint density at radius 1 is 1.39 bits per heavy atom. The number of anilines is 2. The topological polar surface area (TPSA) is 110 Å². The zero-order valence-electron chi connectivity index (χ0n) is 9.71. The molecule has 0 bridgehead atoms. The Bertz CT molecular complexity index is 652. The van der Waals surface area contributed by atoms with Gasteiger partial charge in [-0.05, 0) is 19.1 Å². The lowest BCUT2D eigenvalue weighted by molar-refractivity contribution is 0.429. The van der Waals surface area contributed by atoms with Gasteiger partial charge in [0.1, 0.15) is 0 Å². The van der Waals surface area contributed by atoms with Gasteiger partial charge in [-0.2, -0.15) is 13.4 Å². The van der Waals surface area contributed by atoms with E-state index in [9.17, 15) is 8.42 Å². The zero-order valence-corrected chi connectivity index (χ0v) is 10.5. The highest BCUT2D eigenvalue weighted by Crippen LogP contribution is 2.19. The van der Waals surface area contributed by atoms with Crippen molar-refractivity contribution in [1.82, 2.24) is 15.1 Å². The highest BCUT2D eigenvalue weighted by Gasteiger charge is 2.22. The van der Waals surface area contributed by atoms with Gasteiger partial charge in [0.2, 0.25) is 0 Å². The maximum absolute atomic E-state index is 12.0. The second-order valence-electron chi connectivity index (χ2n) is 3.36. The first kappa shape index (κ1) is 12.3.